The molecule has 0 atom stereocenters. The lowest BCUT2D eigenvalue weighted by Gasteiger charge is -2.23. The van der Waals surface area contributed by atoms with E-state index in [0.717, 1.165) is 11.4 Å². The van der Waals surface area contributed by atoms with Crippen LogP contribution in [0.1, 0.15) is 18.2 Å². The predicted octanol–water partition coefficient (Wildman–Crippen LogP) is 3.99. The van der Waals surface area contributed by atoms with Crippen molar-refractivity contribution in [2.24, 2.45) is 0 Å². The van der Waals surface area contributed by atoms with E-state index in [2.05, 4.69) is 0 Å². The van der Waals surface area contributed by atoms with E-state index >= 15 is 0 Å². The van der Waals surface area contributed by atoms with Crippen LogP contribution in [0.25, 0.3) is 5.69 Å². The third-order valence-electron chi connectivity index (χ3n) is 4.93. The van der Waals surface area contributed by atoms with Gasteiger partial charge in [-0.05, 0) is 30.7 Å². The number of carbonyl (C=O) groups excluding carboxylic acids is 1. The first kappa shape index (κ1) is 23.4. The molecular formula is C24H28FN3O4. The maximum atomic E-state index is 14.4. The minimum absolute atomic E-state index is 0.0541. The molecular weight excluding hydrogens is 413 g/mol. The van der Waals surface area contributed by atoms with E-state index in [0.29, 0.717) is 31.0 Å². The van der Waals surface area contributed by atoms with Crippen molar-refractivity contribution in [3.8, 4) is 17.3 Å². The Kier molecular flexibility index (Phi) is 8.35. The van der Waals surface area contributed by atoms with Gasteiger partial charge in [-0.15, -0.1) is 0 Å². The fourth-order valence-corrected chi connectivity index (χ4v) is 3.30. The van der Waals surface area contributed by atoms with Crippen molar-refractivity contribution in [2.75, 3.05) is 34.0 Å². The maximum absolute atomic E-state index is 14.4. The number of ether oxygens (including phenoxy) is 3. The van der Waals surface area contributed by atoms with E-state index < -0.39 is 5.82 Å². The Labute approximate surface area is 187 Å². The van der Waals surface area contributed by atoms with Crippen LogP contribution >= 0.6 is 0 Å². The molecule has 3 aromatic rings. The fourth-order valence-electron chi connectivity index (χ4n) is 3.30. The van der Waals surface area contributed by atoms with E-state index in [4.69, 9.17) is 19.3 Å². The van der Waals surface area contributed by atoms with Crippen molar-refractivity contribution in [3.63, 3.8) is 0 Å². The summed E-state index contributed by atoms with van der Waals surface area (Å²) in [6.07, 6.45) is 0.611. The Hall–Kier alpha value is -3.23. The van der Waals surface area contributed by atoms with E-state index in [-0.39, 0.29) is 24.8 Å². The Balaban J connectivity index is 2.09. The molecule has 170 valence electrons. The highest BCUT2D eigenvalue weighted by molar-refractivity contribution is 5.77. The van der Waals surface area contributed by atoms with Crippen molar-refractivity contribution in [1.29, 1.82) is 0 Å². The lowest BCUT2D eigenvalue weighted by Crippen LogP contribution is -2.36. The van der Waals surface area contributed by atoms with Crippen LogP contribution in [-0.4, -0.2) is 54.6 Å². The van der Waals surface area contributed by atoms with Crippen LogP contribution in [0.3, 0.4) is 0 Å². The largest absolute Gasteiger partial charge is 0.435 e. The first-order valence-electron chi connectivity index (χ1n) is 10.4. The van der Waals surface area contributed by atoms with Crippen LogP contribution in [-0.2, 0) is 27.2 Å². The SMILES string of the molecule is CCc1nn(-c2ccccc2)c(Oc2ccccc2F)c1CN(CCOC)C(=O)COC. The molecule has 1 amide bonds. The average Bonchev–Trinajstić information content (AvgIpc) is 3.15. The number of hydrogen-bond donors (Lipinski definition) is 0. The normalized spacial score (nSPS) is 10.9. The summed E-state index contributed by atoms with van der Waals surface area (Å²) in [5.74, 6) is -0.217. The molecule has 8 heteroatoms. The summed E-state index contributed by atoms with van der Waals surface area (Å²) in [5.41, 5.74) is 2.24. The lowest BCUT2D eigenvalue weighted by molar-refractivity contribution is -0.136. The van der Waals surface area contributed by atoms with Crippen molar-refractivity contribution < 1.29 is 23.4 Å². The van der Waals surface area contributed by atoms with E-state index in [1.165, 1.54) is 13.2 Å². The highest BCUT2D eigenvalue weighted by Gasteiger charge is 2.25. The van der Waals surface area contributed by atoms with E-state index in [1.54, 1.807) is 34.9 Å². The van der Waals surface area contributed by atoms with Gasteiger partial charge in [0.15, 0.2) is 11.6 Å². The zero-order valence-electron chi connectivity index (χ0n) is 18.6. The summed E-state index contributed by atoms with van der Waals surface area (Å²) in [6.45, 7) is 2.89. The Morgan fingerprint density at radius 1 is 1.06 bits per heavy atom. The number of hydrogen-bond acceptors (Lipinski definition) is 5. The van der Waals surface area contributed by atoms with Crippen molar-refractivity contribution in [1.82, 2.24) is 14.7 Å². The van der Waals surface area contributed by atoms with Gasteiger partial charge in [0.05, 0.1) is 30.1 Å². The molecule has 3 rings (SSSR count). The second kappa shape index (κ2) is 11.4. The van der Waals surface area contributed by atoms with Crippen LogP contribution in [0.15, 0.2) is 54.6 Å². The van der Waals surface area contributed by atoms with Gasteiger partial charge in [0, 0.05) is 20.8 Å². The fraction of sp³-hybridized carbons (Fsp3) is 0.333. The third-order valence-corrected chi connectivity index (χ3v) is 4.93. The molecule has 0 fully saturated rings. The standard InChI is InChI=1S/C24H28FN3O4/c1-4-21-19(16-27(14-15-30-2)23(29)17-31-3)24(32-22-13-9-8-12-20(22)25)28(26-21)18-10-6-5-7-11-18/h5-13H,4,14-17H2,1-3H3. The number of rotatable bonds is 11. The molecule has 32 heavy (non-hydrogen) atoms. The van der Waals surface area contributed by atoms with Crippen LogP contribution in [0.4, 0.5) is 4.39 Å². The van der Waals surface area contributed by atoms with Crippen LogP contribution in [0.5, 0.6) is 11.6 Å². The van der Waals surface area contributed by atoms with Gasteiger partial charge in [-0.1, -0.05) is 37.3 Å². The summed E-state index contributed by atoms with van der Waals surface area (Å²) in [5, 5.41) is 4.73. The number of methoxy groups -OCH3 is 2. The topological polar surface area (TPSA) is 65.8 Å². The van der Waals surface area contributed by atoms with Gasteiger partial charge in [0.25, 0.3) is 0 Å². The first-order valence-corrected chi connectivity index (χ1v) is 10.4. The zero-order valence-corrected chi connectivity index (χ0v) is 18.6. The average molecular weight is 442 g/mol. The van der Waals surface area contributed by atoms with Gasteiger partial charge in [-0.3, -0.25) is 4.79 Å². The number of amides is 1. The molecule has 0 radical (unpaired) electrons. The Bertz CT molecular complexity index is 1020. The number of carbonyl (C=O) groups is 1. The van der Waals surface area contributed by atoms with Crippen LogP contribution in [0.2, 0.25) is 0 Å². The highest BCUT2D eigenvalue weighted by Crippen LogP contribution is 2.33. The van der Waals surface area contributed by atoms with Crippen LogP contribution in [0, 0.1) is 5.82 Å². The summed E-state index contributed by atoms with van der Waals surface area (Å²) in [4.78, 5) is 14.3. The van der Waals surface area contributed by atoms with Gasteiger partial charge in [-0.25, -0.2) is 9.07 Å². The number of aromatic nitrogens is 2. The van der Waals surface area contributed by atoms with Gasteiger partial charge in [0.2, 0.25) is 11.8 Å². The quantitative estimate of drug-likeness (QED) is 0.450. The first-order chi connectivity index (χ1) is 15.6. The molecule has 1 aromatic heterocycles. The predicted molar refractivity (Wildman–Crippen MR) is 119 cm³/mol. The molecule has 0 saturated carbocycles. The van der Waals surface area contributed by atoms with E-state index in [9.17, 15) is 9.18 Å². The van der Waals surface area contributed by atoms with Gasteiger partial charge in [-0.2, -0.15) is 5.10 Å². The minimum Gasteiger partial charge on any atom is -0.435 e. The number of benzene rings is 2. The van der Waals surface area contributed by atoms with Crippen LogP contribution < -0.4 is 4.74 Å². The van der Waals surface area contributed by atoms with E-state index in [1.807, 2.05) is 37.3 Å². The molecule has 0 bridgehead atoms. The number of halogens is 1. The number of para-hydroxylation sites is 2. The molecule has 0 aliphatic heterocycles. The van der Waals surface area contributed by atoms with Gasteiger partial charge in [0.1, 0.15) is 6.61 Å². The highest BCUT2D eigenvalue weighted by atomic mass is 19.1. The molecule has 0 spiro atoms. The number of aryl methyl sites for hydroxylation is 1. The molecule has 0 N–H and O–H groups in total. The maximum Gasteiger partial charge on any atom is 0.248 e. The second-order valence-electron chi connectivity index (χ2n) is 7.10. The summed E-state index contributed by atoms with van der Waals surface area (Å²) < 4.78 is 32.4. The van der Waals surface area contributed by atoms with Crippen molar-refractivity contribution in [3.05, 3.63) is 71.7 Å². The molecule has 1 heterocycles. The third kappa shape index (κ3) is 5.52. The Morgan fingerprint density at radius 2 is 1.78 bits per heavy atom. The second-order valence-corrected chi connectivity index (χ2v) is 7.10. The monoisotopic (exact) mass is 441 g/mol. The molecule has 7 nitrogen and oxygen atoms in total. The van der Waals surface area contributed by atoms with Gasteiger partial charge >= 0.3 is 0 Å². The summed E-state index contributed by atoms with van der Waals surface area (Å²) >= 11 is 0. The summed E-state index contributed by atoms with van der Waals surface area (Å²) in [7, 11) is 3.06. The molecule has 0 saturated heterocycles. The molecule has 0 aliphatic carbocycles. The molecule has 2 aromatic carbocycles. The Morgan fingerprint density at radius 3 is 2.44 bits per heavy atom. The van der Waals surface area contributed by atoms with Crippen molar-refractivity contribution >= 4 is 5.91 Å². The molecule has 0 aliphatic rings. The number of nitrogens with zero attached hydrogens (tertiary/aromatic N) is 3. The minimum atomic E-state index is -0.482. The zero-order chi connectivity index (χ0) is 22.9. The smallest absolute Gasteiger partial charge is 0.248 e. The molecule has 0 unspecified atom stereocenters. The lowest BCUT2D eigenvalue weighted by atomic mass is 10.2. The van der Waals surface area contributed by atoms with Crippen molar-refractivity contribution in [2.45, 2.75) is 19.9 Å². The summed E-state index contributed by atoms with van der Waals surface area (Å²) in [6, 6.07) is 15.7. The van der Waals surface area contributed by atoms with Gasteiger partial charge < -0.3 is 19.1 Å².